The van der Waals surface area contributed by atoms with Crippen LogP contribution in [-0.2, 0) is 14.6 Å². The van der Waals surface area contributed by atoms with Crippen molar-refractivity contribution >= 4 is 15.7 Å². The maximum Gasteiger partial charge on any atom is 0.223 e. The lowest BCUT2D eigenvalue weighted by Crippen LogP contribution is -2.47. The highest BCUT2D eigenvalue weighted by Gasteiger charge is 2.33. The molecule has 2 aliphatic rings. The minimum atomic E-state index is -2.87. The molecule has 0 aromatic carbocycles. The summed E-state index contributed by atoms with van der Waals surface area (Å²) in [6.45, 7) is 2.10. The third kappa shape index (κ3) is 3.92. The lowest BCUT2D eigenvalue weighted by molar-refractivity contribution is -0.128. The van der Waals surface area contributed by atoms with E-state index in [2.05, 4.69) is 12.2 Å². The summed E-state index contributed by atoms with van der Waals surface area (Å²) < 4.78 is 22.7. The SMILES string of the molecule is CC1CCC(N)CC1C(=O)NC1CCS(=O)(=O)CC1. The Labute approximate surface area is 115 Å². The summed E-state index contributed by atoms with van der Waals surface area (Å²) in [5.74, 6) is 0.802. The molecule has 2 rings (SSSR count). The lowest BCUT2D eigenvalue weighted by Gasteiger charge is -2.33. The Bertz CT molecular complexity index is 421. The van der Waals surface area contributed by atoms with E-state index in [9.17, 15) is 13.2 Å². The molecule has 1 aliphatic carbocycles. The molecule has 1 saturated carbocycles. The number of amides is 1. The van der Waals surface area contributed by atoms with Gasteiger partial charge in [0.25, 0.3) is 0 Å². The van der Waals surface area contributed by atoms with Crippen molar-refractivity contribution in [2.75, 3.05) is 11.5 Å². The first-order valence-electron chi connectivity index (χ1n) is 7.14. The van der Waals surface area contributed by atoms with Crippen molar-refractivity contribution in [1.29, 1.82) is 0 Å². The van der Waals surface area contributed by atoms with Crippen LogP contribution in [0.4, 0.5) is 0 Å². The Balaban J connectivity index is 1.87. The predicted octanol–water partition coefficient (Wildman–Crippen LogP) is 0.443. The zero-order chi connectivity index (χ0) is 14.0. The number of hydrogen-bond acceptors (Lipinski definition) is 4. The summed E-state index contributed by atoms with van der Waals surface area (Å²) in [6, 6.07) is 0.139. The normalized spacial score (nSPS) is 35.8. The molecule has 3 atom stereocenters. The Morgan fingerprint density at radius 2 is 1.79 bits per heavy atom. The molecular formula is C13H24N2O3S. The fourth-order valence-electron chi connectivity index (χ4n) is 3.06. The number of carbonyl (C=O) groups is 1. The number of hydrogen-bond donors (Lipinski definition) is 2. The van der Waals surface area contributed by atoms with Crippen LogP contribution in [0.5, 0.6) is 0 Å². The molecule has 1 aliphatic heterocycles. The van der Waals surface area contributed by atoms with Crippen LogP contribution in [0, 0.1) is 11.8 Å². The van der Waals surface area contributed by atoms with E-state index in [1.54, 1.807) is 0 Å². The second-order valence-electron chi connectivity index (χ2n) is 6.09. The maximum absolute atomic E-state index is 12.3. The van der Waals surface area contributed by atoms with Crippen molar-refractivity contribution < 1.29 is 13.2 Å². The van der Waals surface area contributed by atoms with E-state index in [1.165, 1.54) is 0 Å². The van der Waals surface area contributed by atoms with Crippen LogP contribution in [0.15, 0.2) is 0 Å². The number of carbonyl (C=O) groups excluding carboxylic acids is 1. The quantitative estimate of drug-likeness (QED) is 0.772. The summed E-state index contributed by atoms with van der Waals surface area (Å²) in [7, 11) is -2.87. The van der Waals surface area contributed by atoms with Crippen molar-refractivity contribution in [1.82, 2.24) is 5.32 Å². The van der Waals surface area contributed by atoms with E-state index in [-0.39, 0.29) is 35.4 Å². The van der Waals surface area contributed by atoms with E-state index in [4.69, 9.17) is 5.73 Å². The number of rotatable bonds is 2. The largest absolute Gasteiger partial charge is 0.353 e. The number of nitrogens with two attached hydrogens (primary N) is 1. The van der Waals surface area contributed by atoms with Gasteiger partial charge in [-0.2, -0.15) is 0 Å². The Morgan fingerprint density at radius 1 is 1.16 bits per heavy atom. The first-order chi connectivity index (χ1) is 8.87. The van der Waals surface area contributed by atoms with Gasteiger partial charge in [0, 0.05) is 18.0 Å². The summed E-state index contributed by atoms with van der Waals surface area (Å²) >= 11 is 0. The van der Waals surface area contributed by atoms with Gasteiger partial charge < -0.3 is 11.1 Å². The minimum Gasteiger partial charge on any atom is -0.353 e. The van der Waals surface area contributed by atoms with E-state index < -0.39 is 9.84 Å². The third-order valence-corrected chi connectivity index (χ3v) is 6.19. The maximum atomic E-state index is 12.3. The molecule has 0 bridgehead atoms. The van der Waals surface area contributed by atoms with Gasteiger partial charge in [0.15, 0.2) is 0 Å². The molecule has 0 spiro atoms. The molecule has 3 N–H and O–H groups in total. The topological polar surface area (TPSA) is 89.3 Å². The lowest BCUT2D eigenvalue weighted by atomic mass is 9.77. The average Bonchev–Trinajstić information content (AvgIpc) is 2.35. The van der Waals surface area contributed by atoms with Crippen molar-refractivity contribution in [3.8, 4) is 0 Å². The van der Waals surface area contributed by atoms with Gasteiger partial charge in [0.1, 0.15) is 9.84 Å². The first-order valence-corrected chi connectivity index (χ1v) is 8.96. The highest BCUT2D eigenvalue weighted by Crippen LogP contribution is 2.29. The molecule has 1 saturated heterocycles. The molecule has 19 heavy (non-hydrogen) atoms. The fourth-order valence-corrected chi connectivity index (χ4v) is 4.55. The van der Waals surface area contributed by atoms with Gasteiger partial charge >= 0.3 is 0 Å². The second-order valence-corrected chi connectivity index (χ2v) is 8.40. The summed E-state index contributed by atoms with van der Waals surface area (Å²) in [4.78, 5) is 12.3. The van der Waals surface area contributed by atoms with E-state index in [0.29, 0.717) is 18.8 Å². The first kappa shape index (κ1) is 14.8. The van der Waals surface area contributed by atoms with Crippen LogP contribution in [-0.4, -0.2) is 37.9 Å². The fraction of sp³-hybridized carbons (Fsp3) is 0.923. The summed E-state index contributed by atoms with van der Waals surface area (Å²) in [5.41, 5.74) is 5.93. The highest BCUT2D eigenvalue weighted by molar-refractivity contribution is 7.91. The molecule has 0 radical (unpaired) electrons. The van der Waals surface area contributed by atoms with Gasteiger partial charge in [0.05, 0.1) is 11.5 Å². The van der Waals surface area contributed by atoms with Crippen molar-refractivity contribution in [2.24, 2.45) is 17.6 Å². The van der Waals surface area contributed by atoms with Gasteiger partial charge in [-0.1, -0.05) is 6.92 Å². The summed E-state index contributed by atoms with van der Waals surface area (Å²) in [6.07, 6.45) is 3.82. The van der Waals surface area contributed by atoms with Crippen molar-refractivity contribution in [3.05, 3.63) is 0 Å². The molecule has 2 fully saturated rings. The molecule has 6 heteroatoms. The minimum absolute atomic E-state index is 0.0118. The van der Waals surface area contributed by atoms with E-state index >= 15 is 0 Å². The Hall–Kier alpha value is -0.620. The van der Waals surface area contributed by atoms with Gasteiger partial charge in [-0.25, -0.2) is 8.42 Å². The smallest absolute Gasteiger partial charge is 0.223 e. The van der Waals surface area contributed by atoms with E-state index in [1.807, 2.05) is 0 Å². The molecule has 5 nitrogen and oxygen atoms in total. The monoisotopic (exact) mass is 288 g/mol. The molecular weight excluding hydrogens is 264 g/mol. The Morgan fingerprint density at radius 3 is 2.42 bits per heavy atom. The molecule has 0 aromatic rings. The summed E-state index contributed by atoms with van der Waals surface area (Å²) in [5, 5.41) is 3.02. The third-order valence-electron chi connectivity index (χ3n) is 4.47. The van der Waals surface area contributed by atoms with Gasteiger partial charge in [-0.3, -0.25) is 4.79 Å². The number of sulfone groups is 1. The van der Waals surface area contributed by atoms with Crippen LogP contribution in [0.3, 0.4) is 0 Å². The molecule has 0 aromatic heterocycles. The van der Waals surface area contributed by atoms with Crippen LogP contribution >= 0.6 is 0 Å². The zero-order valence-electron chi connectivity index (χ0n) is 11.5. The van der Waals surface area contributed by atoms with Gasteiger partial charge in [-0.05, 0) is 38.0 Å². The predicted molar refractivity (Wildman–Crippen MR) is 74.3 cm³/mol. The van der Waals surface area contributed by atoms with Crippen LogP contribution < -0.4 is 11.1 Å². The van der Waals surface area contributed by atoms with Crippen LogP contribution in [0.2, 0.25) is 0 Å². The second kappa shape index (κ2) is 5.79. The molecule has 1 heterocycles. The zero-order valence-corrected chi connectivity index (χ0v) is 12.3. The van der Waals surface area contributed by atoms with E-state index in [0.717, 1.165) is 19.3 Å². The number of nitrogens with one attached hydrogen (secondary N) is 1. The standard InChI is InChI=1S/C13H24N2O3S/c1-9-2-3-10(14)8-12(9)13(16)15-11-4-6-19(17,18)7-5-11/h9-12H,2-8,14H2,1H3,(H,15,16). The molecule has 1 amide bonds. The average molecular weight is 288 g/mol. The highest BCUT2D eigenvalue weighted by atomic mass is 32.2. The molecule has 3 unspecified atom stereocenters. The van der Waals surface area contributed by atoms with Crippen LogP contribution in [0.25, 0.3) is 0 Å². The van der Waals surface area contributed by atoms with Crippen LogP contribution in [0.1, 0.15) is 39.0 Å². The van der Waals surface area contributed by atoms with Crippen molar-refractivity contribution in [2.45, 2.75) is 51.1 Å². The molecule has 110 valence electrons. The van der Waals surface area contributed by atoms with Crippen molar-refractivity contribution in [3.63, 3.8) is 0 Å². The van der Waals surface area contributed by atoms with Gasteiger partial charge in [-0.15, -0.1) is 0 Å². The Kier molecular flexibility index (Phi) is 4.50. The van der Waals surface area contributed by atoms with Gasteiger partial charge in [0.2, 0.25) is 5.91 Å².